The molecule has 0 spiro atoms. The molecule has 0 aliphatic rings. The number of fused-ring (bicyclic) bond motifs is 1. The lowest BCUT2D eigenvalue weighted by Crippen LogP contribution is -2.47. The van der Waals surface area contributed by atoms with E-state index in [1.54, 1.807) is 0 Å². The van der Waals surface area contributed by atoms with Crippen LogP contribution in [0.2, 0.25) is 0 Å². The van der Waals surface area contributed by atoms with Crippen molar-refractivity contribution in [3.05, 3.63) is 72.4 Å². The Morgan fingerprint density at radius 3 is 2.45 bits per heavy atom. The minimum atomic E-state index is -0.546. The van der Waals surface area contributed by atoms with Crippen LogP contribution in [0.1, 0.15) is 12.5 Å². The molecule has 2 atom stereocenters. The Bertz CT molecular complexity index is 750. The first kappa shape index (κ1) is 14.8. The van der Waals surface area contributed by atoms with Gasteiger partial charge in [-0.25, -0.2) is 0 Å². The van der Waals surface area contributed by atoms with E-state index < -0.39 is 11.6 Å². The molecule has 3 aromatic rings. The van der Waals surface area contributed by atoms with Gasteiger partial charge < -0.3 is 15.0 Å². The molecule has 2 unspecified atom stereocenters. The summed E-state index contributed by atoms with van der Waals surface area (Å²) in [6.07, 6.45) is 1.52. The Labute approximate surface area is 131 Å². The summed E-state index contributed by atoms with van der Waals surface area (Å²) in [4.78, 5) is 0. The van der Waals surface area contributed by atoms with Gasteiger partial charge in [-0.05, 0) is 37.1 Å². The van der Waals surface area contributed by atoms with Crippen molar-refractivity contribution in [3.63, 3.8) is 0 Å². The summed E-state index contributed by atoms with van der Waals surface area (Å²) in [5.74, 6) is 0. The molecule has 2 N–H and O–H groups in total. The minimum absolute atomic E-state index is 0.526. The van der Waals surface area contributed by atoms with Gasteiger partial charge in [-0.2, -0.15) is 0 Å². The van der Waals surface area contributed by atoms with Crippen molar-refractivity contribution in [1.82, 2.24) is 9.88 Å². The van der Waals surface area contributed by atoms with Crippen molar-refractivity contribution >= 4 is 10.9 Å². The molecular formula is C19H22N2O. The number of rotatable bonds is 5. The second-order valence-corrected chi connectivity index (χ2v) is 5.83. The van der Waals surface area contributed by atoms with E-state index in [4.69, 9.17) is 0 Å². The molecule has 3 nitrogen and oxygen atoms in total. The maximum Gasteiger partial charge on any atom is 0.0939 e. The van der Waals surface area contributed by atoms with Gasteiger partial charge in [-0.1, -0.05) is 48.5 Å². The normalized spacial score (nSPS) is 15.6. The lowest BCUT2D eigenvalue weighted by Gasteiger charge is -2.37. The Morgan fingerprint density at radius 2 is 1.73 bits per heavy atom. The van der Waals surface area contributed by atoms with Crippen LogP contribution >= 0.6 is 0 Å². The van der Waals surface area contributed by atoms with Crippen molar-refractivity contribution in [2.45, 2.75) is 18.6 Å². The van der Waals surface area contributed by atoms with E-state index in [1.165, 1.54) is 5.39 Å². The average molecular weight is 294 g/mol. The third-order valence-corrected chi connectivity index (χ3v) is 4.50. The molecule has 0 radical (unpaired) electrons. The molecule has 0 saturated heterocycles. The molecule has 0 saturated carbocycles. The predicted molar refractivity (Wildman–Crippen MR) is 91.1 cm³/mol. The van der Waals surface area contributed by atoms with Gasteiger partial charge in [0.2, 0.25) is 0 Å². The van der Waals surface area contributed by atoms with Crippen LogP contribution in [0.25, 0.3) is 10.9 Å². The molecule has 114 valence electrons. The van der Waals surface area contributed by atoms with Gasteiger partial charge in [0, 0.05) is 18.3 Å². The third-order valence-electron chi connectivity index (χ3n) is 4.50. The van der Waals surface area contributed by atoms with Gasteiger partial charge >= 0.3 is 0 Å². The van der Waals surface area contributed by atoms with Crippen molar-refractivity contribution < 1.29 is 5.11 Å². The van der Waals surface area contributed by atoms with E-state index in [1.807, 2.05) is 37.4 Å². The Morgan fingerprint density at radius 1 is 1.05 bits per heavy atom. The van der Waals surface area contributed by atoms with E-state index in [-0.39, 0.29) is 0 Å². The molecule has 22 heavy (non-hydrogen) atoms. The quantitative estimate of drug-likeness (QED) is 0.759. The van der Waals surface area contributed by atoms with Crippen molar-refractivity contribution in [3.8, 4) is 0 Å². The molecule has 0 aliphatic carbocycles. The van der Waals surface area contributed by atoms with Crippen molar-refractivity contribution in [1.29, 1.82) is 0 Å². The van der Waals surface area contributed by atoms with Crippen LogP contribution in [0.5, 0.6) is 0 Å². The van der Waals surface area contributed by atoms with Crippen LogP contribution in [0.3, 0.4) is 0 Å². The summed E-state index contributed by atoms with van der Waals surface area (Å²) in [5, 5.41) is 15.1. The topological polar surface area (TPSA) is 37.2 Å². The third kappa shape index (κ3) is 2.32. The largest absolute Gasteiger partial charge is 0.389 e. The maximum atomic E-state index is 10.9. The predicted octanol–water partition coefficient (Wildman–Crippen LogP) is 2.99. The highest BCUT2D eigenvalue weighted by Crippen LogP contribution is 2.33. The van der Waals surface area contributed by atoms with Crippen LogP contribution in [0.4, 0.5) is 0 Å². The van der Waals surface area contributed by atoms with Gasteiger partial charge in [0.1, 0.15) is 0 Å². The standard InChI is InChI=1S/C19H22N2O/c1-19(18(22)14-20-2,16-9-4-3-5-10-16)21-13-12-15-8-6-7-11-17(15)21/h3-13,18,20,22H,14H2,1-2H3. The smallest absolute Gasteiger partial charge is 0.0939 e. The van der Waals surface area contributed by atoms with Crippen molar-refractivity contribution in [2.24, 2.45) is 0 Å². The molecule has 3 heteroatoms. The lowest BCUT2D eigenvalue weighted by molar-refractivity contribution is 0.0753. The lowest BCUT2D eigenvalue weighted by atomic mass is 9.85. The highest BCUT2D eigenvalue weighted by molar-refractivity contribution is 5.80. The fraction of sp³-hybridized carbons (Fsp3) is 0.263. The van der Waals surface area contributed by atoms with Gasteiger partial charge in [0.25, 0.3) is 0 Å². The van der Waals surface area contributed by atoms with Crippen molar-refractivity contribution in [2.75, 3.05) is 13.6 Å². The zero-order valence-corrected chi connectivity index (χ0v) is 13.0. The number of para-hydroxylation sites is 1. The van der Waals surface area contributed by atoms with Gasteiger partial charge in [-0.15, -0.1) is 0 Å². The molecule has 0 amide bonds. The van der Waals surface area contributed by atoms with E-state index in [2.05, 4.69) is 53.3 Å². The molecule has 1 heterocycles. The van der Waals surface area contributed by atoms with E-state index in [9.17, 15) is 5.11 Å². The Balaban J connectivity index is 2.21. The van der Waals surface area contributed by atoms with E-state index in [0.717, 1.165) is 11.1 Å². The second kappa shape index (κ2) is 5.95. The number of aliphatic hydroxyl groups is 1. The molecule has 0 aliphatic heterocycles. The molecule has 0 bridgehead atoms. The summed E-state index contributed by atoms with van der Waals surface area (Å²) in [7, 11) is 1.86. The highest BCUT2D eigenvalue weighted by Gasteiger charge is 2.36. The zero-order chi connectivity index (χ0) is 15.6. The number of aliphatic hydroxyl groups excluding tert-OH is 1. The monoisotopic (exact) mass is 294 g/mol. The molecular weight excluding hydrogens is 272 g/mol. The molecule has 3 rings (SSSR count). The number of likely N-dealkylation sites (N-methyl/N-ethyl adjacent to an activating group) is 1. The highest BCUT2D eigenvalue weighted by atomic mass is 16.3. The number of aromatic nitrogens is 1. The summed E-state index contributed by atoms with van der Waals surface area (Å²) in [5.41, 5.74) is 1.69. The maximum absolute atomic E-state index is 10.9. The number of hydrogen-bond donors (Lipinski definition) is 2. The first-order valence-electron chi connectivity index (χ1n) is 7.62. The van der Waals surface area contributed by atoms with Gasteiger partial charge in [-0.3, -0.25) is 0 Å². The van der Waals surface area contributed by atoms with Crippen LogP contribution < -0.4 is 5.32 Å². The SMILES string of the molecule is CNCC(O)C(C)(c1ccccc1)n1ccc2ccccc21. The minimum Gasteiger partial charge on any atom is -0.389 e. The van der Waals surface area contributed by atoms with E-state index >= 15 is 0 Å². The zero-order valence-electron chi connectivity index (χ0n) is 13.0. The number of hydrogen-bond acceptors (Lipinski definition) is 2. The van der Waals surface area contributed by atoms with Crippen LogP contribution in [0, 0.1) is 0 Å². The molecule has 0 fully saturated rings. The summed E-state index contributed by atoms with van der Waals surface area (Å²) in [6, 6.07) is 20.6. The average Bonchev–Trinajstić information content (AvgIpc) is 2.99. The first-order valence-corrected chi connectivity index (χ1v) is 7.62. The summed E-state index contributed by atoms with van der Waals surface area (Å²) >= 11 is 0. The number of benzene rings is 2. The second-order valence-electron chi connectivity index (χ2n) is 5.83. The Hall–Kier alpha value is -2.10. The van der Waals surface area contributed by atoms with Gasteiger partial charge in [0.15, 0.2) is 0 Å². The number of nitrogens with one attached hydrogen (secondary N) is 1. The van der Waals surface area contributed by atoms with Crippen LogP contribution in [-0.4, -0.2) is 29.4 Å². The molecule has 1 aromatic heterocycles. The summed E-state index contributed by atoms with van der Waals surface area (Å²) in [6.45, 7) is 2.62. The van der Waals surface area contributed by atoms with Gasteiger partial charge in [0.05, 0.1) is 11.6 Å². The Kier molecular flexibility index (Phi) is 4.01. The number of nitrogens with zero attached hydrogens (tertiary/aromatic N) is 1. The van der Waals surface area contributed by atoms with E-state index in [0.29, 0.717) is 6.54 Å². The molecule has 2 aromatic carbocycles. The van der Waals surface area contributed by atoms with Crippen LogP contribution in [-0.2, 0) is 5.54 Å². The fourth-order valence-corrected chi connectivity index (χ4v) is 3.15. The first-order chi connectivity index (χ1) is 10.7. The van der Waals surface area contributed by atoms with Crippen LogP contribution in [0.15, 0.2) is 66.9 Å². The summed E-state index contributed by atoms with van der Waals surface area (Å²) < 4.78 is 2.18. The fourth-order valence-electron chi connectivity index (χ4n) is 3.15.